The molecule has 0 amide bonds. The quantitative estimate of drug-likeness (QED) is 0.728. The van der Waals surface area contributed by atoms with E-state index >= 15 is 0 Å². The zero-order valence-electron chi connectivity index (χ0n) is 11.9. The lowest BCUT2D eigenvalue weighted by Crippen LogP contribution is -2.60. The maximum atomic E-state index is 12.2. The fourth-order valence-electron chi connectivity index (χ4n) is 3.37. The van der Waals surface area contributed by atoms with Gasteiger partial charge in [-0.3, -0.25) is 0 Å². The van der Waals surface area contributed by atoms with Gasteiger partial charge >= 0.3 is 5.97 Å². The van der Waals surface area contributed by atoms with Gasteiger partial charge in [0.25, 0.3) is 0 Å². The van der Waals surface area contributed by atoms with Crippen LogP contribution in [0.1, 0.15) is 38.5 Å². The van der Waals surface area contributed by atoms with Gasteiger partial charge in [0.05, 0.1) is 7.11 Å². The lowest BCUT2D eigenvalue weighted by molar-refractivity contribution is -0.150. The molecule has 104 valence electrons. The Balaban J connectivity index is 2.06. The third-order valence-electron chi connectivity index (χ3n) is 4.72. The van der Waals surface area contributed by atoms with E-state index in [1.54, 1.807) is 0 Å². The highest BCUT2D eigenvalue weighted by Crippen LogP contribution is 2.41. The second-order valence-corrected chi connectivity index (χ2v) is 5.84. The molecule has 0 aliphatic heterocycles. The van der Waals surface area contributed by atoms with Gasteiger partial charge in [0.1, 0.15) is 5.54 Å². The average molecular weight is 254 g/mol. The second-order valence-electron chi connectivity index (χ2n) is 5.84. The van der Waals surface area contributed by atoms with Crippen molar-refractivity contribution >= 4 is 5.97 Å². The Morgan fingerprint density at radius 1 is 1.33 bits per heavy atom. The number of hydrogen-bond donors (Lipinski definition) is 1. The molecule has 2 saturated carbocycles. The molecule has 0 heterocycles. The molecule has 4 heteroatoms. The van der Waals surface area contributed by atoms with Gasteiger partial charge in [-0.15, -0.1) is 0 Å². The Labute approximate surface area is 110 Å². The number of likely N-dealkylation sites (N-methyl/N-ethyl adjacent to an activating group) is 2. The van der Waals surface area contributed by atoms with Gasteiger partial charge in [0.15, 0.2) is 0 Å². The maximum absolute atomic E-state index is 12.2. The number of esters is 1. The number of hydrogen-bond acceptors (Lipinski definition) is 4. The standard InChI is InChI=1S/C14H26N2O2/c1-15-14(11-8-9-11,13(17)18-3)10-16(2)12-6-4-5-7-12/h11-12,15H,4-10H2,1-3H3. The summed E-state index contributed by atoms with van der Waals surface area (Å²) in [6, 6.07) is 0.640. The van der Waals surface area contributed by atoms with Gasteiger partial charge < -0.3 is 15.0 Å². The molecule has 1 atom stereocenters. The molecule has 2 aliphatic carbocycles. The number of rotatable bonds is 6. The number of carbonyl (C=O) groups is 1. The zero-order valence-corrected chi connectivity index (χ0v) is 11.9. The van der Waals surface area contributed by atoms with Crippen molar-refractivity contribution < 1.29 is 9.53 Å². The van der Waals surface area contributed by atoms with E-state index in [-0.39, 0.29) is 5.97 Å². The molecule has 2 rings (SSSR count). The van der Waals surface area contributed by atoms with Gasteiger partial charge in [0, 0.05) is 12.6 Å². The summed E-state index contributed by atoms with van der Waals surface area (Å²) in [6.45, 7) is 0.769. The molecule has 0 bridgehead atoms. The molecular weight excluding hydrogens is 228 g/mol. The first-order chi connectivity index (χ1) is 8.64. The predicted molar refractivity (Wildman–Crippen MR) is 71.4 cm³/mol. The van der Waals surface area contributed by atoms with Crippen molar-refractivity contribution in [2.45, 2.75) is 50.1 Å². The molecule has 2 aliphatic rings. The summed E-state index contributed by atoms with van der Waals surface area (Å²) in [5.74, 6) is 0.344. The van der Waals surface area contributed by atoms with Gasteiger partial charge in [-0.05, 0) is 45.7 Å². The van der Waals surface area contributed by atoms with E-state index in [0.29, 0.717) is 12.0 Å². The number of methoxy groups -OCH3 is 1. The van der Waals surface area contributed by atoms with E-state index in [1.807, 2.05) is 7.05 Å². The third-order valence-corrected chi connectivity index (χ3v) is 4.72. The van der Waals surface area contributed by atoms with Crippen molar-refractivity contribution in [3.05, 3.63) is 0 Å². The Kier molecular flexibility index (Phi) is 4.28. The summed E-state index contributed by atoms with van der Waals surface area (Å²) in [6.07, 6.45) is 7.44. The number of carbonyl (C=O) groups excluding carboxylic acids is 1. The maximum Gasteiger partial charge on any atom is 0.327 e. The summed E-state index contributed by atoms with van der Waals surface area (Å²) >= 11 is 0. The molecule has 0 aromatic rings. The van der Waals surface area contributed by atoms with E-state index < -0.39 is 5.54 Å². The minimum absolute atomic E-state index is 0.0997. The molecule has 0 aromatic carbocycles. The summed E-state index contributed by atoms with van der Waals surface area (Å²) in [5, 5.41) is 3.27. The van der Waals surface area contributed by atoms with Crippen molar-refractivity contribution in [3.63, 3.8) is 0 Å². The summed E-state index contributed by atoms with van der Waals surface area (Å²) < 4.78 is 5.04. The van der Waals surface area contributed by atoms with Crippen LogP contribution in [0, 0.1) is 5.92 Å². The van der Waals surface area contributed by atoms with Gasteiger partial charge in [-0.1, -0.05) is 12.8 Å². The van der Waals surface area contributed by atoms with Crippen molar-refractivity contribution in [1.29, 1.82) is 0 Å². The van der Waals surface area contributed by atoms with E-state index in [4.69, 9.17) is 4.74 Å². The Hall–Kier alpha value is -0.610. The highest BCUT2D eigenvalue weighted by Gasteiger charge is 2.51. The summed E-state index contributed by atoms with van der Waals surface area (Å²) in [5.41, 5.74) is -0.494. The van der Waals surface area contributed by atoms with Crippen LogP contribution in [0.4, 0.5) is 0 Å². The molecule has 1 unspecified atom stereocenters. The topological polar surface area (TPSA) is 41.6 Å². The second kappa shape index (κ2) is 5.57. The van der Waals surface area contributed by atoms with Crippen LogP contribution in [0.25, 0.3) is 0 Å². The monoisotopic (exact) mass is 254 g/mol. The van der Waals surface area contributed by atoms with E-state index in [1.165, 1.54) is 32.8 Å². The van der Waals surface area contributed by atoms with Crippen LogP contribution in [0.3, 0.4) is 0 Å². The fourth-order valence-corrected chi connectivity index (χ4v) is 3.37. The number of nitrogens with zero attached hydrogens (tertiary/aromatic N) is 1. The van der Waals surface area contributed by atoms with E-state index in [9.17, 15) is 4.79 Å². The number of nitrogens with one attached hydrogen (secondary N) is 1. The van der Waals surface area contributed by atoms with Crippen molar-refractivity contribution in [1.82, 2.24) is 10.2 Å². The lowest BCUT2D eigenvalue weighted by atomic mass is 9.92. The highest BCUT2D eigenvalue weighted by molar-refractivity contribution is 5.82. The molecule has 0 radical (unpaired) electrons. The molecule has 1 N–H and O–H groups in total. The normalized spacial score (nSPS) is 24.2. The smallest absolute Gasteiger partial charge is 0.327 e. The minimum atomic E-state index is -0.494. The average Bonchev–Trinajstić information content (AvgIpc) is 3.09. The Morgan fingerprint density at radius 2 is 1.94 bits per heavy atom. The van der Waals surface area contributed by atoms with Gasteiger partial charge in [-0.2, -0.15) is 0 Å². The molecule has 18 heavy (non-hydrogen) atoms. The van der Waals surface area contributed by atoms with Crippen LogP contribution in [-0.2, 0) is 9.53 Å². The molecular formula is C14H26N2O2. The van der Waals surface area contributed by atoms with Crippen LogP contribution < -0.4 is 5.32 Å². The van der Waals surface area contributed by atoms with Gasteiger partial charge in [0.2, 0.25) is 0 Å². The molecule has 0 saturated heterocycles. The van der Waals surface area contributed by atoms with Crippen molar-refractivity contribution in [2.75, 3.05) is 27.7 Å². The SMILES string of the molecule is CNC(CN(C)C1CCCC1)(C(=O)OC)C1CC1. The minimum Gasteiger partial charge on any atom is -0.468 e. The van der Waals surface area contributed by atoms with Crippen molar-refractivity contribution in [2.24, 2.45) is 5.92 Å². The molecule has 2 fully saturated rings. The molecule has 0 aromatic heterocycles. The van der Waals surface area contributed by atoms with Gasteiger partial charge in [-0.25, -0.2) is 4.79 Å². The summed E-state index contributed by atoms with van der Waals surface area (Å²) in [4.78, 5) is 14.5. The van der Waals surface area contributed by atoms with E-state index in [0.717, 1.165) is 19.4 Å². The van der Waals surface area contributed by atoms with Crippen LogP contribution in [0.5, 0.6) is 0 Å². The largest absolute Gasteiger partial charge is 0.468 e. The van der Waals surface area contributed by atoms with Crippen LogP contribution in [0.15, 0.2) is 0 Å². The van der Waals surface area contributed by atoms with Crippen LogP contribution in [0.2, 0.25) is 0 Å². The lowest BCUT2D eigenvalue weighted by Gasteiger charge is -2.37. The van der Waals surface area contributed by atoms with Crippen molar-refractivity contribution in [3.8, 4) is 0 Å². The highest BCUT2D eigenvalue weighted by atomic mass is 16.5. The first kappa shape index (κ1) is 13.8. The van der Waals surface area contributed by atoms with E-state index in [2.05, 4.69) is 17.3 Å². The third kappa shape index (κ3) is 2.54. The predicted octanol–water partition coefficient (Wildman–Crippen LogP) is 1.40. The first-order valence-electron chi connectivity index (χ1n) is 7.11. The molecule has 4 nitrogen and oxygen atoms in total. The summed E-state index contributed by atoms with van der Waals surface area (Å²) in [7, 11) is 5.53. The Bertz CT molecular complexity index is 298. The van der Waals surface area contributed by atoms with Crippen LogP contribution >= 0.6 is 0 Å². The zero-order chi connectivity index (χ0) is 13.2. The van der Waals surface area contributed by atoms with Crippen LogP contribution in [-0.4, -0.2) is 50.2 Å². The molecule has 0 spiro atoms. The number of ether oxygens (including phenoxy) is 1. The Morgan fingerprint density at radius 3 is 2.39 bits per heavy atom. The first-order valence-corrected chi connectivity index (χ1v) is 7.11. The fraction of sp³-hybridized carbons (Fsp3) is 0.929.